The van der Waals surface area contributed by atoms with Crippen molar-refractivity contribution in [3.8, 4) is 33.6 Å². The Morgan fingerprint density at radius 1 is 0.458 bits per heavy atom. The normalized spacial score (nSPS) is 11.9. The molecule has 48 heavy (non-hydrogen) atoms. The van der Waals surface area contributed by atoms with Gasteiger partial charge in [0.15, 0.2) is 0 Å². The molecule has 7 aromatic carbocycles. The van der Waals surface area contributed by atoms with Crippen LogP contribution in [0, 0.1) is 0 Å². The van der Waals surface area contributed by atoms with E-state index in [1.165, 1.54) is 0 Å². The molecule has 0 bridgehead atoms. The van der Waals surface area contributed by atoms with Gasteiger partial charge in [0.1, 0.15) is 0 Å². The smallest absolute Gasteiger partial charge is 0.235 e. The summed E-state index contributed by atoms with van der Waals surface area (Å²) < 4.78 is 29.5. The molecular weight excluding hydrogens is 611 g/mol. The van der Waals surface area contributed by atoms with Crippen LogP contribution in [0.3, 0.4) is 0 Å². The van der Waals surface area contributed by atoms with E-state index in [2.05, 4.69) is 52.9 Å². The van der Waals surface area contributed by atoms with Crippen molar-refractivity contribution >= 4 is 48.2 Å². The lowest BCUT2D eigenvalue weighted by Gasteiger charge is -2.18. The first kappa shape index (κ1) is 28.1. The fourth-order valence-electron chi connectivity index (χ4n) is 6.88. The number of sulfone groups is 1. The summed E-state index contributed by atoms with van der Waals surface area (Å²) in [6.07, 6.45) is 0. The number of nitrogens with zero attached hydrogens (tertiary/aromatic N) is 3. The van der Waals surface area contributed by atoms with E-state index in [4.69, 9.17) is 9.97 Å². The molecule has 0 fully saturated rings. The second-order valence-electron chi connectivity index (χ2n) is 11.8. The summed E-state index contributed by atoms with van der Waals surface area (Å²) >= 11 is 0. The lowest BCUT2D eigenvalue weighted by Crippen LogP contribution is -2.02. The van der Waals surface area contributed by atoms with Crippen LogP contribution in [0.4, 0.5) is 0 Å². The molecule has 0 aliphatic rings. The molecule has 5 nitrogen and oxygen atoms in total. The van der Waals surface area contributed by atoms with Crippen molar-refractivity contribution in [1.29, 1.82) is 0 Å². The summed E-state index contributed by atoms with van der Waals surface area (Å²) in [5.41, 5.74) is 7.58. The number of hydrogen-bond acceptors (Lipinski definition) is 4. The van der Waals surface area contributed by atoms with Crippen LogP contribution >= 0.6 is 0 Å². The van der Waals surface area contributed by atoms with Crippen molar-refractivity contribution in [1.82, 2.24) is 14.4 Å². The van der Waals surface area contributed by atoms with Crippen LogP contribution in [-0.2, 0) is 9.84 Å². The molecule has 0 unspecified atom stereocenters. The standard InChI is InChI=1S/C42H27N3O2S/c46-48(47,30-17-5-2-6-18-30)31-19-13-16-29(26-31)40-32-20-7-9-22-34(32)41(35-23-10-8-21-33(35)40)37-27-39(28-14-3-1-4-15-28)45-38-25-12-11-24-36(38)43-42(45)44-37/h1-27H. The van der Waals surface area contributed by atoms with Crippen molar-refractivity contribution in [2.45, 2.75) is 9.79 Å². The number of imidazole rings is 1. The Labute approximate surface area is 277 Å². The van der Waals surface area contributed by atoms with Gasteiger partial charge in [-0.25, -0.2) is 18.4 Å². The summed E-state index contributed by atoms with van der Waals surface area (Å²) in [6.45, 7) is 0. The van der Waals surface area contributed by atoms with Gasteiger partial charge in [-0.3, -0.25) is 4.40 Å². The highest BCUT2D eigenvalue weighted by Crippen LogP contribution is 2.44. The minimum atomic E-state index is -3.71. The molecular formula is C42H27N3O2S. The van der Waals surface area contributed by atoms with E-state index in [0.717, 1.165) is 66.2 Å². The van der Waals surface area contributed by atoms with Gasteiger partial charge in [0.05, 0.1) is 32.2 Å². The Balaban J connectivity index is 1.34. The lowest BCUT2D eigenvalue weighted by atomic mass is 9.87. The van der Waals surface area contributed by atoms with Gasteiger partial charge in [0, 0.05) is 5.56 Å². The Bertz CT molecular complexity index is 2730. The number of benzene rings is 7. The predicted molar refractivity (Wildman–Crippen MR) is 194 cm³/mol. The SMILES string of the molecule is O=S(=O)(c1ccccc1)c1cccc(-c2c3ccccc3c(-c3cc(-c4ccccc4)n4c(n3)nc3ccccc34)c3ccccc23)c1. The molecule has 0 N–H and O–H groups in total. The molecule has 2 heterocycles. The molecule has 6 heteroatoms. The summed E-state index contributed by atoms with van der Waals surface area (Å²) in [6, 6.07) is 53.1. The molecule has 228 valence electrons. The Morgan fingerprint density at radius 3 is 1.69 bits per heavy atom. The van der Waals surface area contributed by atoms with Crippen molar-refractivity contribution < 1.29 is 8.42 Å². The fourth-order valence-corrected chi connectivity index (χ4v) is 8.21. The van der Waals surface area contributed by atoms with Crippen molar-refractivity contribution in [3.05, 3.63) is 164 Å². The average molecular weight is 638 g/mol. The summed E-state index contributed by atoms with van der Waals surface area (Å²) in [4.78, 5) is 10.7. The van der Waals surface area contributed by atoms with E-state index in [-0.39, 0.29) is 9.79 Å². The van der Waals surface area contributed by atoms with Gasteiger partial charge in [-0.1, -0.05) is 121 Å². The molecule has 0 spiro atoms. The van der Waals surface area contributed by atoms with Gasteiger partial charge >= 0.3 is 0 Å². The van der Waals surface area contributed by atoms with Crippen LogP contribution in [0.5, 0.6) is 0 Å². The van der Waals surface area contributed by atoms with Crippen molar-refractivity contribution in [2.75, 3.05) is 0 Å². The van der Waals surface area contributed by atoms with Gasteiger partial charge in [0.2, 0.25) is 15.6 Å². The largest absolute Gasteiger partial charge is 0.276 e. The highest BCUT2D eigenvalue weighted by Gasteiger charge is 2.22. The maximum Gasteiger partial charge on any atom is 0.235 e. The Morgan fingerprint density at radius 2 is 1.00 bits per heavy atom. The predicted octanol–water partition coefficient (Wildman–Crippen LogP) is 10.0. The Hall–Kier alpha value is -6.11. The van der Waals surface area contributed by atoms with Crippen LogP contribution in [0.1, 0.15) is 0 Å². The zero-order valence-electron chi connectivity index (χ0n) is 25.7. The highest BCUT2D eigenvalue weighted by molar-refractivity contribution is 7.91. The third-order valence-electron chi connectivity index (χ3n) is 9.02. The minimum absolute atomic E-state index is 0.259. The van der Waals surface area contributed by atoms with Gasteiger partial charge in [-0.15, -0.1) is 0 Å². The first-order valence-electron chi connectivity index (χ1n) is 15.8. The average Bonchev–Trinajstić information content (AvgIpc) is 3.53. The molecule has 9 rings (SSSR count). The van der Waals surface area contributed by atoms with Crippen LogP contribution in [0.25, 0.3) is 72.0 Å². The third kappa shape index (κ3) is 4.42. The van der Waals surface area contributed by atoms with E-state index in [1.807, 2.05) is 78.9 Å². The maximum atomic E-state index is 13.7. The molecule has 0 aliphatic carbocycles. The summed E-state index contributed by atoms with van der Waals surface area (Å²) in [5.74, 6) is 0.628. The van der Waals surface area contributed by atoms with Gasteiger partial charge < -0.3 is 0 Å². The molecule has 9 aromatic rings. The number of fused-ring (bicyclic) bond motifs is 5. The van der Waals surface area contributed by atoms with Crippen molar-refractivity contribution in [2.24, 2.45) is 0 Å². The van der Waals surface area contributed by atoms with Gasteiger partial charge in [0.25, 0.3) is 0 Å². The van der Waals surface area contributed by atoms with E-state index in [9.17, 15) is 8.42 Å². The highest BCUT2D eigenvalue weighted by atomic mass is 32.2. The first-order valence-corrected chi connectivity index (χ1v) is 17.2. The molecule has 2 aromatic heterocycles. The zero-order valence-corrected chi connectivity index (χ0v) is 26.5. The first-order chi connectivity index (χ1) is 23.6. The van der Waals surface area contributed by atoms with Crippen LogP contribution in [0.15, 0.2) is 174 Å². The van der Waals surface area contributed by atoms with E-state index in [0.29, 0.717) is 5.78 Å². The molecule has 0 radical (unpaired) electrons. The van der Waals surface area contributed by atoms with Crippen molar-refractivity contribution in [3.63, 3.8) is 0 Å². The lowest BCUT2D eigenvalue weighted by molar-refractivity contribution is 0.596. The minimum Gasteiger partial charge on any atom is -0.276 e. The zero-order chi connectivity index (χ0) is 32.2. The summed E-state index contributed by atoms with van der Waals surface area (Å²) in [7, 11) is -3.71. The van der Waals surface area contributed by atoms with E-state index in [1.54, 1.807) is 36.4 Å². The number of para-hydroxylation sites is 2. The van der Waals surface area contributed by atoms with E-state index >= 15 is 0 Å². The topological polar surface area (TPSA) is 64.3 Å². The molecule has 0 saturated carbocycles. The molecule has 0 atom stereocenters. The van der Waals surface area contributed by atoms with Crippen LogP contribution < -0.4 is 0 Å². The Kier molecular flexibility index (Phi) is 6.45. The monoisotopic (exact) mass is 637 g/mol. The molecule has 0 saturated heterocycles. The molecule has 0 aliphatic heterocycles. The maximum absolute atomic E-state index is 13.7. The van der Waals surface area contributed by atoms with Crippen LogP contribution in [0.2, 0.25) is 0 Å². The van der Waals surface area contributed by atoms with Gasteiger partial charge in [-0.2, -0.15) is 0 Å². The summed E-state index contributed by atoms with van der Waals surface area (Å²) in [5, 5.41) is 4.07. The third-order valence-corrected chi connectivity index (χ3v) is 10.8. The molecule has 0 amide bonds. The second-order valence-corrected chi connectivity index (χ2v) is 13.8. The van der Waals surface area contributed by atoms with Gasteiger partial charge in [-0.05, 0) is 80.7 Å². The van der Waals surface area contributed by atoms with Crippen LogP contribution in [-0.4, -0.2) is 22.8 Å². The number of rotatable bonds is 5. The second kappa shape index (κ2) is 11.0. The quantitative estimate of drug-likeness (QED) is 0.176. The van der Waals surface area contributed by atoms with E-state index < -0.39 is 9.84 Å². The number of aromatic nitrogens is 3. The fraction of sp³-hybridized carbons (Fsp3) is 0. The number of hydrogen-bond donors (Lipinski definition) is 0.